The fourth-order valence-electron chi connectivity index (χ4n) is 6.00. The van der Waals surface area contributed by atoms with Gasteiger partial charge in [0.05, 0.1) is 5.69 Å². The highest BCUT2D eigenvalue weighted by atomic mass is 16.2. The first-order valence-electron chi connectivity index (χ1n) is 14.0. The number of hydrogen-bond acceptors (Lipinski definition) is 5. The van der Waals surface area contributed by atoms with E-state index in [1.54, 1.807) is 4.90 Å². The van der Waals surface area contributed by atoms with Crippen LogP contribution in [0.15, 0.2) is 150 Å². The number of fused-ring (bicyclic) bond motifs is 1. The van der Waals surface area contributed by atoms with Gasteiger partial charge in [0.15, 0.2) is 11.7 Å². The van der Waals surface area contributed by atoms with Gasteiger partial charge in [-0.2, -0.15) is 4.99 Å². The molecule has 0 bridgehead atoms. The quantitative estimate of drug-likeness (QED) is 0.268. The Kier molecular flexibility index (Phi) is 6.16. The first-order valence-corrected chi connectivity index (χ1v) is 14.0. The molecule has 2 aliphatic heterocycles. The molecular weight excluding hydrogens is 518 g/mol. The second-order valence-electron chi connectivity index (χ2n) is 10.5. The summed E-state index contributed by atoms with van der Waals surface area (Å²) in [5, 5.41) is 0. The van der Waals surface area contributed by atoms with Crippen molar-refractivity contribution in [3.63, 3.8) is 0 Å². The summed E-state index contributed by atoms with van der Waals surface area (Å²) in [5.41, 5.74) is 11.8. The average molecular weight is 548 g/mol. The highest BCUT2D eigenvalue weighted by Gasteiger charge is 2.62. The lowest BCUT2D eigenvalue weighted by molar-refractivity contribution is -0.124. The second-order valence-corrected chi connectivity index (χ2v) is 10.5. The number of carbonyl (C=O) groups is 1. The van der Waals surface area contributed by atoms with E-state index in [4.69, 9.17) is 15.7 Å². The van der Waals surface area contributed by atoms with E-state index >= 15 is 4.79 Å². The van der Waals surface area contributed by atoms with Crippen LogP contribution in [-0.2, 0) is 10.3 Å². The van der Waals surface area contributed by atoms with E-state index in [0.29, 0.717) is 5.96 Å². The number of nitrogens with zero attached hydrogens (tertiary/aromatic N) is 4. The van der Waals surface area contributed by atoms with Crippen LogP contribution >= 0.6 is 0 Å². The lowest BCUT2D eigenvalue weighted by Crippen LogP contribution is -2.51. The van der Waals surface area contributed by atoms with E-state index in [2.05, 4.69) is 36.4 Å². The Morgan fingerprint density at radius 1 is 0.667 bits per heavy atom. The van der Waals surface area contributed by atoms with Crippen molar-refractivity contribution in [1.82, 2.24) is 4.90 Å². The highest BCUT2D eigenvalue weighted by Crippen LogP contribution is 2.50. The molecule has 204 valence electrons. The van der Waals surface area contributed by atoms with Crippen LogP contribution in [0, 0.1) is 6.92 Å². The molecule has 1 atom stereocenters. The third-order valence-electron chi connectivity index (χ3n) is 7.99. The van der Waals surface area contributed by atoms with Crippen LogP contribution in [0.4, 0.5) is 5.69 Å². The Morgan fingerprint density at radius 2 is 1.19 bits per heavy atom. The van der Waals surface area contributed by atoms with Gasteiger partial charge in [0.2, 0.25) is 11.9 Å². The van der Waals surface area contributed by atoms with Crippen molar-refractivity contribution in [3.05, 3.63) is 162 Å². The predicted octanol–water partition coefficient (Wildman–Crippen LogP) is 6.64. The maximum Gasteiger partial charge on any atom is 0.269 e. The van der Waals surface area contributed by atoms with Gasteiger partial charge >= 0.3 is 0 Å². The fraction of sp³-hybridized carbons (Fsp3) is 0.0833. The van der Waals surface area contributed by atoms with E-state index in [9.17, 15) is 0 Å². The summed E-state index contributed by atoms with van der Waals surface area (Å²) >= 11 is 0. The van der Waals surface area contributed by atoms with Gasteiger partial charge in [0.25, 0.3) is 5.91 Å². The molecule has 1 saturated heterocycles. The van der Waals surface area contributed by atoms with E-state index in [1.807, 2.05) is 115 Å². The number of benzene rings is 5. The van der Waals surface area contributed by atoms with Gasteiger partial charge in [-0.1, -0.05) is 133 Å². The molecule has 0 radical (unpaired) electrons. The molecule has 2 heterocycles. The number of anilines is 1. The summed E-state index contributed by atoms with van der Waals surface area (Å²) in [7, 11) is 0. The Bertz CT molecular complexity index is 1760. The zero-order valence-corrected chi connectivity index (χ0v) is 23.1. The van der Waals surface area contributed by atoms with Crippen LogP contribution in [-0.4, -0.2) is 22.7 Å². The molecule has 6 heteroatoms. The number of nitrogens with two attached hydrogens (primary N) is 1. The van der Waals surface area contributed by atoms with E-state index in [1.165, 1.54) is 0 Å². The van der Waals surface area contributed by atoms with Gasteiger partial charge < -0.3 is 5.73 Å². The molecule has 0 spiro atoms. The molecule has 5 aromatic carbocycles. The lowest BCUT2D eigenvalue weighted by Gasteiger charge is -2.41. The Hall–Kier alpha value is -5.49. The van der Waals surface area contributed by atoms with Crippen LogP contribution in [0.1, 0.15) is 28.4 Å². The first kappa shape index (κ1) is 25.5. The molecule has 2 N–H and O–H groups in total. The Morgan fingerprint density at radius 3 is 1.76 bits per heavy atom. The molecular formula is C36H29N5O. The summed E-state index contributed by atoms with van der Waals surface area (Å²) in [6, 6.07) is 46.2. The van der Waals surface area contributed by atoms with E-state index < -0.39 is 11.7 Å². The van der Waals surface area contributed by atoms with Gasteiger partial charge in [0, 0.05) is 0 Å². The van der Waals surface area contributed by atoms with Crippen LogP contribution in [0.3, 0.4) is 0 Å². The molecule has 7 rings (SSSR count). The Labute approximate surface area is 245 Å². The molecule has 2 aliphatic rings. The largest absolute Gasteiger partial charge is 0.368 e. The van der Waals surface area contributed by atoms with Crippen molar-refractivity contribution in [2.75, 3.05) is 4.90 Å². The number of guanidine groups is 2. The van der Waals surface area contributed by atoms with Gasteiger partial charge in [-0.3, -0.25) is 9.69 Å². The fourth-order valence-corrected chi connectivity index (χ4v) is 6.00. The van der Waals surface area contributed by atoms with E-state index in [0.717, 1.165) is 39.1 Å². The minimum atomic E-state index is -1.25. The molecule has 0 saturated carbocycles. The number of hydrogen-bond donors (Lipinski definition) is 1. The summed E-state index contributed by atoms with van der Waals surface area (Å²) in [6.07, 6.45) is -0.609. The van der Waals surface area contributed by atoms with E-state index in [-0.39, 0.29) is 11.9 Å². The molecule has 0 aromatic heterocycles. The van der Waals surface area contributed by atoms with Crippen LogP contribution in [0.5, 0.6) is 0 Å². The standard InChI is InChI=1S/C36H29N5O/c1-25-17-23-31(24-18-25)40-33(42)36(29-13-7-3-8-14-29,30-15-9-4-10-16-30)41-32(38-34(37)39-35(40)41)28-21-19-27(20-22-28)26-11-5-2-6-12-26/h2-24,32H,1H3,(H2,37,38). The van der Waals surface area contributed by atoms with Crippen LogP contribution in [0.25, 0.3) is 11.1 Å². The summed E-state index contributed by atoms with van der Waals surface area (Å²) < 4.78 is 0. The summed E-state index contributed by atoms with van der Waals surface area (Å²) in [5.74, 6) is 0.430. The van der Waals surface area contributed by atoms with Crippen molar-refractivity contribution in [1.29, 1.82) is 0 Å². The number of rotatable bonds is 5. The number of aliphatic imine (C=N–C) groups is 2. The van der Waals surface area contributed by atoms with Gasteiger partial charge in [-0.25, -0.2) is 9.89 Å². The molecule has 5 aromatic rings. The molecule has 1 fully saturated rings. The van der Waals surface area contributed by atoms with Crippen molar-refractivity contribution in [2.45, 2.75) is 18.6 Å². The van der Waals surface area contributed by atoms with Crippen molar-refractivity contribution >= 4 is 23.5 Å². The SMILES string of the molecule is Cc1ccc(N2C(=O)C(c3ccccc3)(c3ccccc3)N3C2=NC(N)=NC3c2ccc(-c3ccccc3)cc2)cc1. The molecule has 6 nitrogen and oxygen atoms in total. The van der Waals surface area contributed by atoms with Crippen molar-refractivity contribution in [3.8, 4) is 11.1 Å². The third-order valence-corrected chi connectivity index (χ3v) is 7.99. The van der Waals surface area contributed by atoms with Crippen molar-refractivity contribution in [2.24, 2.45) is 15.7 Å². The van der Waals surface area contributed by atoms with Gasteiger partial charge in [-0.05, 0) is 46.9 Å². The zero-order chi connectivity index (χ0) is 28.7. The molecule has 1 amide bonds. The van der Waals surface area contributed by atoms with Crippen molar-refractivity contribution < 1.29 is 4.79 Å². The molecule has 0 aliphatic carbocycles. The average Bonchev–Trinajstić information content (AvgIpc) is 3.30. The summed E-state index contributed by atoms with van der Waals surface area (Å²) in [6.45, 7) is 2.03. The predicted molar refractivity (Wildman–Crippen MR) is 168 cm³/mol. The number of carbonyl (C=O) groups excluding carboxylic acids is 1. The highest BCUT2D eigenvalue weighted by molar-refractivity contribution is 6.28. The third kappa shape index (κ3) is 3.99. The first-order chi connectivity index (χ1) is 20.6. The number of amides is 1. The molecule has 1 unspecified atom stereocenters. The monoisotopic (exact) mass is 547 g/mol. The zero-order valence-electron chi connectivity index (χ0n) is 23.1. The Balaban J connectivity index is 1.47. The topological polar surface area (TPSA) is 74.3 Å². The van der Waals surface area contributed by atoms with Crippen LogP contribution in [0.2, 0.25) is 0 Å². The van der Waals surface area contributed by atoms with Gasteiger partial charge in [0.1, 0.15) is 0 Å². The maximum absolute atomic E-state index is 15.1. The number of aryl methyl sites for hydroxylation is 1. The van der Waals surface area contributed by atoms with Gasteiger partial charge in [-0.15, -0.1) is 0 Å². The maximum atomic E-state index is 15.1. The minimum Gasteiger partial charge on any atom is -0.368 e. The lowest BCUT2D eigenvalue weighted by atomic mass is 9.80. The smallest absolute Gasteiger partial charge is 0.269 e. The minimum absolute atomic E-state index is 0.125. The molecule has 42 heavy (non-hydrogen) atoms. The van der Waals surface area contributed by atoms with Crippen LogP contribution < -0.4 is 10.6 Å². The second kappa shape index (κ2) is 10.2. The summed E-state index contributed by atoms with van der Waals surface area (Å²) in [4.78, 5) is 28.4. The normalized spacial score (nSPS) is 17.5.